The molecule has 0 spiro atoms. The van der Waals surface area contributed by atoms with E-state index in [1.54, 1.807) is 12.1 Å². The number of sulfonamides is 1. The van der Waals surface area contributed by atoms with Crippen LogP contribution in [0.2, 0.25) is 5.02 Å². The number of rotatable bonds is 9. The van der Waals surface area contributed by atoms with Crippen LogP contribution in [0.25, 0.3) is 0 Å². The summed E-state index contributed by atoms with van der Waals surface area (Å²) in [6.07, 6.45) is 1.31. The molecule has 8 heteroatoms. The van der Waals surface area contributed by atoms with E-state index in [0.29, 0.717) is 30.5 Å². The van der Waals surface area contributed by atoms with E-state index in [0.717, 1.165) is 12.0 Å². The average molecular weight is 483 g/mol. The minimum atomic E-state index is -3.75. The molecule has 0 unspecified atom stereocenters. The maximum Gasteiger partial charge on any atom is 0.240 e. The zero-order chi connectivity index (χ0) is 23.3. The maximum absolute atomic E-state index is 13.1. The fourth-order valence-corrected chi connectivity index (χ4v) is 5.41. The Morgan fingerprint density at radius 2 is 1.58 bits per heavy atom. The number of nitrogens with one attached hydrogen (secondary N) is 1. The molecule has 172 valence electrons. The molecule has 0 fully saturated rings. The number of guanidine groups is 1. The normalized spacial score (nSPS) is 17.1. The number of nitrogens with zero attached hydrogens (tertiary/aromatic N) is 2. The van der Waals surface area contributed by atoms with Crippen LogP contribution >= 0.6 is 11.6 Å². The smallest absolute Gasteiger partial charge is 0.240 e. The van der Waals surface area contributed by atoms with Crippen molar-refractivity contribution in [1.82, 2.24) is 9.62 Å². The molecule has 6 nitrogen and oxygen atoms in total. The van der Waals surface area contributed by atoms with Crippen molar-refractivity contribution in [1.29, 1.82) is 0 Å². The van der Waals surface area contributed by atoms with E-state index in [4.69, 9.17) is 17.3 Å². The van der Waals surface area contributed by atoms with Gasteiger partial charge in [0.15, 0.2) is 5.96 Å². The second-order valence-electron chi connectivity index (χ2n) is 8.16. The molecule has 0 bridgehead atoms. The summed E-state index contributed by atoms with van der Waals surface area (Å²) in [6, 6.07) is 25.8. The molecule has 0 amide bonds. The maximum atomic E-state index is 13.1. The Labute approximate surface area is 200 Å². The summed E-state index contributed by atoms with van der Waals surface area (Å²) in [4.78, 5) is 6.64. The van der Waals surface area contributed by atoms with Crippen LogP contribution in [0.3, 0.4) is 0 Å². The van der Waals surface area contributed by atoms with Crippen LogP contribution < -0.4 is 10.5 Å². The Balaban J connectivity index is 1.56. The zero-order valence-electron chi connectivity index (χ0n) is 18.1. The fourth-order valence-electron chi connectivity index (χ4n) is 4.06. The largest absolute Gasteiger partial charge is 0.370 e. The van der Waals surface area contributed by atoms with Gasteiger partial charge in [0.05, 0.1) is 17.5 Å². The van der Waals surface area contributed by atoms with Gasteiger partial charge in [-0.2, -0.15) is 0 Å². The van der Waals surface area contributed by atoms with Crippen LogP contribution in [0, 0.1) is 0 Å². The van der Waals surface area contributed by atoms with Gasteiger partial charge in [-0.1, -0.05) is 72.3 Å². The second-order valence-corrected chi connectivity index (χ2v) is 10.3. The van der Waals surface area contributed by atoms with E-state index >= 15 is 0 Å². The lowest BCUT2D eigenvalue weighted by atomic mass is 10.0. The number of hydrogen-bond donors (Lipinski definition) is 2. The standard InChI is InChI=1S/C25H27ClN4O2S/c26-21-11-13-24(14-12-21)33(31,32)29-22(15-19-7-3-1-4-8-19)18-30-23(17-28-25(30)27)16-20-9-5-2-6-10-20/h1-14,22-23,29H,15-18H2,(H2,27,28)/t22-,23-/m0/s1. The molecule has 1 aliphatic rings. The van der Waals surface area contributed by atoms with Crippen molar-refractivity contribution in [2.75, 3.05) is 13.1 Å². The Morgan fingerprint density at radius 1 is 0.970 bits per heavy atom. The van der Waals surface area contributed by atoms with Gasteiger partial charge in [0.1, 0.15) is 0 Å². The highest BCUT2D eigenvalue weighted by Crippen LogP contribution is 2.19. The highest BCUT2D eigenvalue weighted by atomic mass is 35.5. The third-order valence-electron chi connectivity index (χ3n) is 5.70. The summed E-state index contributed by atoms with van der Waals surface area (Å²) >= 11 is 5.94. The van der Waals surface area contributed by atoms with Gasteiger partial charge < -0.3 is 10.6 Å². The molecule has 33 heavy (non-hydrogen) atoms. The molecule has 3 aromatic carbocycles. The minimum Gasteiger partial charge on any atom is -0.370 e. The third kappa shape index (κ3) is 6.13. The van der Waals surface area contributed by atoms with Crippen LogP contribution in [-0.4, -0.2) is 44.5 Å². The fraction of sp³-hybridized carbons (Fsp3) is 0.240. The van der Waals surface area contributed by atoms with E-state index < -0.39 is 16.1 Å². The van der Waals surface area contributed by atoms with Crippen LogP contribution in [-0.2, 0) is 22.9 Å². The van der Waals surface area contributed by atoms with Crippen molar-refractivity contribution in [3.63, 3.8) is 0 Å². The SMILES string of the molecule is NC1=NC[C@H](Cc2ccccc2)N1C[C@H](Cc1ccccc1)NS(=O)(=O)c1ccc(Cl)cc1. The quantitative estimate of drug-likeness (QED) is 0.489. The number of nitrogens with two attached hydrogens (primary N) is 1. The molecule has 0 aromatic heterocycles. The Hall–Kier alpha value is -2.87. The highest BCUT2D eigenvalue weighted by molar-refractivity contribution is 7.89. The van der Waals surface area contributed by atoms with Gasteiger partial charge in [-0.25, -0.2) is 13.1 Å². The Kier molecular flexibility index (Phi) is 7.33. The zero-order valence-corrected chi connectivity index (χ0v) is 19.7. The van der Waals surface area contributed by atoms with Crippen molar-refractivity contribution in [3.8, 4) is 0 Å². The summed E-state index contributed by atoms with van der Waals surface area (Å²) in [5.74, 6) is 0.444. The molecule has 4 rings (SSSR count). The first-order valence-corrected chi connectivity index (χ1v) is 12.7. The first-order chi connectivity index (χ1) is 15.9. The van der Waals surface area contributed by atoms with E-state index in [1.165, 1.54) is 17.7 Å². The van der Waals surface area contributed by atoms with Crippen molar-refractivity contribution >= 4 is 27.6 Å². The molecule has 1 aliphatic heterocycles. The van der Waals surface area contributed by atoms with E-state index in [9.17, 15) is 8.42 Å². The predicted molar refractivity (Wildman–Crippen MR) is 133 cm³/mol. The summed E-state index contributed by atoms with van der Waals surface area (Å²) in [6.45, 7) is 0.997. The van der Waals surface area contributed by atoms with Gasteiger partial charge in [0, 0.05) is 17.6 Å². The second kappa shape index (κ2) is 10.4. The summed E-state index contributed by atoms with van der Waals surface area (Å²) in [7, 11) is -3.75. The van der Waals surface area contributed by atoms with E-state index in [1.807, 2.05) is 53.4 Å². The predicted octanol–water partition coefficient (Wildman–Crippen LogP) is 3.47. The number of hydrogen-bond acceptors (Lipinski definition) is 5. The topological polar surface area (TPSA) is 87.8 Å². The van der Waals surface area contributed by atoms with Gasteiger partial charge in [0.2, 0.25) is 10.0 Å². The van der Waals surface area contributed by atoms with Gasteiger partial charge in [-0.05, 0) is 48.2 Å². The molecule has 3 aromatic rings. The van der Waals surface area contributed by atoms with Gasteiger partial charge in [-0.15, -0.1) is 0 Å². The monoisotopic (exact) mass is 482 g/mol. The molecule has 3 N–H and O–H groups in total. The Morgan fingerprint density at radius 3 is 2.21 bits per heavy atom. The van der Waals surface area contributed by atoms with Crippen molar-refractivity contribution in [3.05, 3.63) is 101 Å². The van der Waals surface area contributed by atoms with Crippen molar-refractivity contribution in [2.45, 2.75) is 29.8 Å². The number of aliphatic imine (C=N–C) groups is 1. The molecule has 0 saturated heterocycles. The van der Waals surface area contributed by atoms with E-state index in [2.05, 4.69) is 21.8 Å². The minimum absolute atomic E-state index is 0.0747. The average Bonchev–Trinajstić information content (AvgIpc) is 3.14. The third-order valence-corrected chi connectivity index (χ3v) is 7.49. The van der Waals surface area contributed by atoms with Gasteiger partial charge in [-0.3, -0.25) is 4.99 Å². The van der Waals surface area contributed by atoms with Gasteiger partial charge in [0.25, 0.3) is 0 Å². The Bertz CT molecular complexity index is 1190. The lowest BCUT2D eigenvalue weighted by Crippen LogP contribution is -2.51. The molecule has 0 aliphatic carbocycles. The molecular weight excluding hydrogens is 456 g/mol. The van der Waals surface area contributed by atoms with Crippen LogP contribution in [0.15, 0.2) is 94.8 Å². The van der Waals surface area contributed by atoms with Crippen LogP contribution in [0.4, 0.5) is 0 Å². The number of benzene rings is 3. The van der Waals surface area contributed by atoms with Crippen molar-refractivity contribution < 1.29 is 8.42 Å². The highest BCUT2D eigenvalue weighted by Gasteiger charge is 2.30. The summed E-state index contributed by atoms with van der Waals surface area (Å²) < 4.78 is 29.2. The van der Waals surface area contributed by atoms with Crippen LogP contribution in [0.1, 0.15) is 11.1 Å². The van der Waals surface area contributed by atoms with Crippen molar-refractivity contribution in [2.24, 2.45) is 10.7 Å². The molecule has 1 heterocycles. The number of halogens is 1. The first-order valence-electron chi connectivity index (χ1n) is 10.8. The summed E-state index contributed by atoms with van der Waals surface area (Å²) in [5.41, 5.74) is 8.47. The van der Waals surface area contributed by atoms with Gasteiger partial charge >= 0.3 is 0 Å². The molecule has 0 saturated carbocycles. The van der Waals surface area contributed by atoms with Crippen LogP contribution in [0.5, 0.6) is 0 Å². The lowest BCUT2D eigenvalue weighted by molar-refractivity contribution is 0.307. The molecular formula is C25H27ClN4O2S. The van der Waals surface area contributed by atoms with E-state index in [-0.39, 0.29) is 10.9 Å². The summed E-state index contributed by atoms with van der Waals surface area (Å²) in [5, 5.41) is 0.486. The molecule has 2 atom stereocenters. The first kappa shape index (κ1) is 23.3. The lowest BCUT2D eigenvalue weighted by Gasteiger charge is -2.31. The molecule has 0 radical (unpaired) electrons.